The van der Waals surface area contributed by atoms with E-state index in [0.29, 0.717) is 17.1 Å². The maximum Gasteiger partial charge on any atom is 0.264 e. The summed E-state index contributed by atoms with van der Waals surface area (Å²) in [6.45, 7) is 7.57. The van der Waals surface area contributed by atoms with Crippen LogP contribution in [0.5, 0.6) is 0 Å². The van der Waals surface area contributed by atoms with Gasteiger partial charge in [0, 0.05) is 5.02 Å². The van der Waals surface area contributed by atoms with Crippen molar-refractivity contribution in [1.82, 2.24) is 5.32 Å². The van der Waals surface area contributed by atoms with E-state index in [4.69, 9.17) is 11.6 Å². The molecule has 3 aromatic carbocycles. The first-order valence-corrected chi connectivity index (χ1v) is 12.6. The molecule has 3 rings (SSSR count). The summed E-state index contributed by atoms with van der Waals surface area (Å²) in [5.74, 6) is -0.382. The van der Waals surface area contributed by atoms with Crippen LogP contribution in [0.15, 0.2) is 71.6 Å². The third-order valence-corrected chi connectivity index (χ3v) is 7.60. The van der Waals surface area contributed by atoms with Gasteiger partial charge < -0.3 is 5.32 Å². The fourth-order valence-electron chi connectivity index (χ4n) is 3.75. The van der Waals surface area contributed by atoms with Gasteiger partial charge in [-0.15, -0.1) is 0 Å². The van der Waals surface area contributed by atoms with Crippen LogP contribution in [0.25, 0.3) is 0 Å². The molecule has 0 aliphatic rings. The third kappa shape index (κ3) is 5.95. The Labute approximate surface area is 201 Å². The van der Waals surface area contributed by atoms with Crippen molar-refractivity contribution >= 4 is 33.2 Å². The predicted molar refractivity (Wildman–Crippen MR) is 134 cm³/mol. The number of aryl methyl sites for hydroxylation is 3. The number of nitrogens with one attached hydrogen (secondary N) is 1. The largest absolute Gasteiger partial charge is 0.348 e. The zero-order valence-corrected chi connectivity index (χ0v) is 20.9. The highest BCUT2D eigenvalue weighted by atomic mass is 35.5. The molecule has 1 atom stereocenters. The van der Waals surface area contributed by atoms with Crippen molar-refractivity contribution in [3.05, 3.63) is 94.0 Å². The molecule has 0 saturated heterocycles. The molecule has 1 N–H and O–H groups in total. The number of sulfonamides is 1. The topological polar surface area (TPSA) is 66.5 Å². The Morgan fingerprint density at radius 3 is 2.12 bits per heavy atom. The Morgan fingerprint density at radius 1 is 0.939 bits per heavy atom. The summed E-state index contributed by atoms with van der Waals surface area (Å²) in [4.78, 5) is 13.2. The van der Waals surface area contributed by atoms with Gasteiger partial charge in [-0.3, -0.25) is 9.10 Å². The van der Waals surface area contributed by atoms with E-state index in [1.54, 1.807) is 48.5 Å². The summed E-state index contributed by atoms with van der Waals surface area (Å²) in [5, 5.41) is 3.50. The van der Waals surface area contributed by atoms with E-state index in [9.17, 15) is 13.2 Å². The quantitative estimate of drug-likeness (QED) is 0.444. The Kier molecular flexibility index (Phi) is 7.82. The zero-order chi connectivity index (χ0) is 24.2. The number of anilines is 1. The first kappa shape index (κ1) is 24.8. The summed E-state index contributed by atoms with van der Waals surface area (Å²) < 4.78 is 28.1. The van der Waals surface area contributed by atoms with Gasteiger partial charge in [0.1, 0.15) is 6.54 Å². The molecule has 0 bridgehead atoms. The van der Waals surface area contributed by atoms with Crippen molar-refractivity contribution in [3.8, 4) is 0 Å². The molecule has 33 heavy (non-hydrogen) atoms. The van der Waals surface area contributed by atoms with Gasteiger partial charge in [-0.1, -0.05) is 60.0 Å². The number of carbonyl (C=O) groups is 1. The second-order valence-corrected chi connectivity index (χ2v) is 10.5. The van der Waals surface area contributed by atoms with Gasteiger partial charge >= 0.3 is 0 Å². The highest BCUT2D eigenvalue weighted by Crippen LogP contribution is 2.26. The molecular formula is C26H29ClN2O3S. The van der Waals surface area contributed by atoms with Crippen LogP contribution in [0.3, 0.4) is 0 Å². The van der Waals surface area contributed by atoms with E-state index in [0.717, 1.165) is 26.6 Å². The number of halogens is 1. The molecule has 0 fully saturated rings. The Hall–Kier alpha value is -2.83. The predicted octanol–water partition coefficient (Wildman–Crippen LogP) is 5.73. The van der Waals surface area contributed by atoms with Gasteiger partial charge in [0.05, 0.1) is 16.6 Å². The smallest absolute Gasteiger partial charge is 0.264 e. The number of amides is 1. The molecule has 0 aliphatic carbocycles. The maximum absolute atomic E-state index is 13.5. The molecule has 0 aromatic heterocycles. The van der Waals surface area contributed by atoms with Crippen molar-refractivity contribution in [1.29, 1.82) is 0 Å². The lowest BCUT2D eigenvalue weighted by molar-refractivity contribution is -0.120. The van der Waals surface area contributed by atoms with Gasteiger partial charge in [-0.25, -0.2) is 8.42 Å². The molecule has 0 aliphatic heterocycles. The van der Waals surface area contributed by atoms with Crippen LogP contribution in [0.1, 0.15) is 41.6 Å². The van der Waals surface area contributed by atoms with E-state index in [2.05, 4.69) is 11.4 Å². The van der Waals surface area contributed by atoms with Crippen molar-refractivity contribution in [2.45, 2.75) is 45.1 Å². The van der Waals surface area contributed by atoms with Crippen molar-refractivity contribution in [2.24, 2.45) is 0 Å². The molecule has 5 nitrogen and oxygen atoms in total. The number of hydrogen-bond acceptors (Lipinski definition) is 3. The first-order valence-electron chi connectivity index (χ1n) is 10.8. The van der Waals surface area contributed by atoms with Crippen molar-refractivity contribution < 1.29 is 13.2 Å². The Balaban J connectivity index is 1.91. The molecule has 1 unspecified atom stereocenters. The normalized spacial score (nSPS) is 12.3. The molecule has 174 valence electrons. The van der Waals surface area contributed by atoms with Gasteiger partial charge in [0.25, 0.3) is 10.0 Å². The summed E-state index contributed by atoms with van der Waals surface area (Å²) in [7, 11) is -3.97. The van der Waals surface area contributed by atoms with Crippen LogP contribution in [-0.4, -0.2) is 20.9 Å². The lowest BCUT2D eigenvalue weighted by Gasteiger charge is -2.26. The number of rotatable bonds is 8. The Bertz CT molecular complexity index is 1220. The molecule has 0 spiro atoms. The van der Waals surface area contributed by atoms with E-state index < -0.39 is 10.0 Å². The average Bonchev–Trinajstić information content (AvgIpc) is 2.77. The third-order valence-electron chi connectivity index (χ3n) is 5.55. The summed E-state index contributed by atoms with van der Waals surface area (Å²) in [5.41, 5.74) is 4.58. The average molecular weight is 485 g/mol. The lowest BCUT2D eigenvalue weighted by atomic mass is 9.97. The zero-order valence-electron chi connectivity index (χ0n) is 19.3. The highest BCUT2D eigenvalue weighted by molar-refractivity contribution is 7.92. The summed E-state index contributed by atoms with van der Waals surface area (Å²) in [6, 6.07) is 18.9. The minimum absolute atomic E-state index is 0.122. The molecule has 3 aromatic rings. The van der Waals surface area contributed by atoms with Crippen LogP contribution in [0.4, 0.5) is 5.69 Å². The summed E-state index contributed by atoms with van der Waals surface area (Å²) >= 11 is 6.00. The molecule has 7 heteroatoms. The van der Waals surface area contributed by atoms with Crippen LogP contribution >= 0.6 is 11.6 Å². The Morgan fingerprint density at radius 2 is 1.55 bits per heavy atom. The molecule has 0 saturated carbocycles. The van der Waals surface area contributed by atoms with E-state index in [-0.39, 0.29) is 23.4 Å². The van der Waals surface area contributed by atoms with Gasteiger partial charge in [-0.2, -0.15) is 0 Å². The van der Waals surface area contributed by atoms with Gasteiger partial charge in [-0.05, 0) is 74.7 Å². The van der Waals surface area contributed by atoms with E-state index in [1.165, 1.54) is 0 Å². The number of nitrogens with zero attached hydrogens (tertiary/aromatic N) is 1. The van der Waals surface area contributed by atoms with Crippen LogP contribution in [0, 0.1) is 20.8 Å². The second kappa shape index (κ2) is 10.4. The number of carbonyl (C=O) groups excluding carboxylic acids is 1. The van der Waals surface area contributed by atoms with Crippen molar-refractivity contribution in [3.63, 3.8) is 0 Å². The number of hydrogen-bond donors (Lipinski definition) is 1. The van der Waals surface area contributed by atoms with Crippen molar-refractivity contribution in [2.75, 3.05) is 10.8 Å². The van der Waals surface area contributed by atoms with Gasteiger partial charge in [0.15, 0.2) is 0 Å². The molecule has 0 radical (unpaired) electrons. The minimum Gasteiger partial charge on any atom is -0.348 e. The highest BCUT2D eigenvalue weighted by Gasteiger charge is 2.28. The molecular weight excluding hydrogens is 456 g/mol. The fourth-order valence-corrected chi connectivity index (χ4v) is 5.29. The lowest BCUT2D eigenvalue weighted by Crippen LogP contribution is -2.42. The molecule has 1 amide bonds. The monoisotopic (exact) mass is 484 g/mol. The van der Waals surface area contributed by atoms with E-state index in [1.807, 2.05) is 39.8 Å². The van der Waals surface area contributed by atoms with Crippen LogP contribution < -0.4 is 9.62 Å². The maximum atomic E-state index is 13.5. The SMILES string of the molecule is CCC(NC(=O)CN(c1ccc(Cl)cc1)S(=O)(=O)c1ccc(C)cc1)c1ccc(C)cc1C. The number of benzene rings is 3. The van der Waals surface area contributed by atoms with Crippen LogP contribution in [-0.2, 0) is 14.8 Å². The standard InChI is InChI=1S/C26H29ClN2O3S/c1-5-25(24-15-8-19(3)16-20(24)4)28-26(30)17-29(22-11-9-21(27)10-12-22)33(31,32)23-13-6-18(2)7-14-23/h6-16,25H,5,17H2,1-4H3,(H,28,30). The summed E-state index contributed by atoms with van der Waals surface area (Å²) in [6.07, 6.45) is 0.682. The fraction of sp³-hybridized carbons (Fsp3) is 0.269. The molecule has 0 heterocycles. The van der Waals surface area contributed by atoms with Gasteiger partial charge in [0.2, 0.25) is 5.91 Å². The second-order valence-electron chi connectivity index (χ2n) is 8.19. The van der Waals surface area contributed by atoms with E-state index >= 15 is 0 Å². The van der Waals surface area contributed by atoms with Crippen LogP contribution in [0.2, 0.25) is 5.02 Å². The first-order chi connectivity index (χ1) is 15.6. The minimum atomic E-state index is -3.97.